The molecule has 0 radical (unpaired) electrons. The maximum absolute atomic E-state index is 10.2. The SMILES string of the molecule is [C-]#[N+]c1ccc([C@@H]2SSC(C)(C)[C@@H]2O)cc1. The first kappa shape index (κ1) is 11.8. The van der Waals surface area contributed by atoms with Gasteiger partial charge in [-0.25, -0.2) is 4.85 Å². The monoisotopic (exact) mass is 251 g/mol. The van der Waals surface area contributed by atoms with Crippen molar-refractivity contribution in [3.05, 3.63) is 41.2 Å². The summed E-state index contributed by atoms with van der Waals surface area (Å²) in [4.78, 5) is 3.36. The lowest BCUT2D eigenvalue weighted by atomic mass is 9.97. The van der Waals surface area contributed by atoms with Crippen molar-refractivity contribution in [1.82, 2.24) is 0 Å². The molecule has 0 amide bonds. The third-order valence-corrected chi connectivity index (χ3v) is 6.42. The van der Waals surface area contributed by atoms with Gasteiger partial charge in [-0.2, -0.15) is 0 Å². The summed E-state index contributed by atoms with van der Waals surface area (Å²) in [7, 11) is 3.44. The van der Waals surface area contributed by atoms with Gasteiger partial charge in [-0.3, -0.25) is 0 Å². The molecule has 16 heavy (non-hydrogen) atoms. The summed E-state index contributed by atoms with van der Waals surface area (Å²) in [6.07, 6.45) is -0.346. The van der Waals surface area contributed by atoms with E-state index in [-0.39, 0.29) is 16.1 Å². The summed E-state index contributed by atoms with van der Waals surface area (Å²) in [5.74, 6) is 0. The Kier molecular flexibility index (Phi) is 3.20. The molecule has 1 saturated heterocycles. The zero-order valence-corrected chi connectivity index (χ0v) is 10.8. The van der Waals surface area contributed by atoms with Crippen LogP contribution in [0.1, 0.15) is 24.7 Å². The lowest BCUT2D eigenvalue weighted by molar-refractivity contribution is 0.143. The molecule has 1 fully saturated rings. The van der Waals surface area contributed by atoms with Crippen molar-refractivity contribution in [1.29, 1.82) is 0 Å². The molecule has 1 heterocycles. The van der Waals surface area contributed by atoms with E-state index in [2.05, 4.69) is 18.7 Å². The Labute approximate surface area is 104 Å². The predicted octanol–water partition coefficient (Wildman–Crippen LogP) is 3.81. The Bertz CT molecular complexity index is 422. The molecule has 4 heteroatoms. The summed E-state index contributed by atoms with van der Waals surface area (Å²) in [5.41, 5.74) is 1.75. The van der Waals surface area contributed by atoms with Gasteiger partial charge in [0.05, 0.1) is 17.9 Å². The molecular formula is C12H13NOS2. The number of aliphatic hydroxyl groups is 1. The maximum atomic E-state index is 10.2. The van der Waals surface area contributed by atoms with Gasteiger partial charge < -0.3 is 5.11 Å². The summed E-state index contributed by atoms with van der Waals surface area (Å²) >= 11 is 0. The molecule has 0 aliphatic carbocycles. The van der Waals surface area contributed by atoms with E-state index in [9.17, 15) is 5.11 Å². The van der Waals surface area contributed by atoms with Crippen LogP contribution in [-0.4, -0.2) is 16.0 Å². The predicted molar refractivity (Wildman–Crippen MR) is 70.7 cm³/mol. The van der Waals surface area contributed by atoms with Gasteiger partial charge in [0.1, 0.15) is 0 Å². The van der Waals surface area contributed by atoms with Gasteiger partial charge in [0.2, 0.25) is 0 Å². The van der Waals surface area contributed by atoms with Crippen molar-refractivity contribution in [2.75, 3.05) is 0 Å². The number of benzene rings is 1. The van der Waals surface area contributed by atoms with E-state index in [4.69, 9.17) is 6.57 Å². The number of hydrogen-bond donors (Lipinski definition) is 1. The average molecular weight is 251 g/mol. The quantitative estimate of drug-likeness (QED) is 0.606. The maximum Gasteiger partial charge on any atom is 0.187 e. The van der Waals surface area contributed by atoms with Gasteiger partial charge in [0.25, 0.3) is 0 Å². The molecule has 1 N–H and O–H groups in total. The third-order valence-electron chi connectivity index (χ3n) is 2.72. The molecule has 1 aliphatic heterocycles. The van der Waals surface area contributed by atoms with Crippen LogP contribution in [0.15, 0.2) is 24.3 Å². The molecule has 2 atom stereocenters. The van der Waals surface area contributed by atoms with Crippen molar-refractivity contribution >= 4 is 27.3 Å². The van der Waals surface area contributed by atoms with E-state index in [1.54, 1.807) is 21.6 Å². The van der Waals surface area contributed by atoms with Gasteiger partial charge in [-0.1, -0.05) is 45.9 Å². The molecule has 1 aromatic rings. The average Bonchev–Trinajstić information content (AvgIpc) is 2.55. The third kappa shape index (κ3) is 2.08. The molecule has 0 bridgehead atoms. The van der Waals surface area contributed by atoms with Crippen molar-refractivity contribution in [3.63, 3.8) is 0 Å². The zero-order valence-electron chi connectivity index (χ0n) is 9.18. The van der Waals surface area contributed by atoms with Crippen LogP contribution in [0.5, 0.6) is 0 Å². The highest BCUT2D eigenvalue weighted by Crippen LogP contribution is 2.57. The molecule has 0 unspecified atom stereocenters. The van der Waals surface area contributed by atoms with Gasteiger partial charge in [0.15, 0.2) is 5.69 Å². The second-order valence-corrected chi connectivity index (χ2v) is 7.35. The van der Waals surface area contributed by atoms with Crippen molar-refractivity contribution in [2.45, 2.75) is 29.9 Å². The minimum atomic E-state index is -0.346. The molecular weight excluding hydrogens is 238 g/mol. The lowest BCUT2D eigenvalue weighted by Gasteiger charge is -2.23. The van der Waals surface area contributed by atoms with Crippen LogP contribution in [0.25, 0.3) is 4.85 Å². The number of rotatable bonds is 1. The molecule has 1 aromatic carbocycles. The fourth-order valence-corrected chi connectivity index (χ4v) is 5.00. The van der Waals surface area contributed by atoms with Crippen LogP contribution in [0, 0.1) is 6.57 Å². The van der Waals surface area contributed by atoms with Gasteiger partial charge in [0, 0.05) is 4.75 Å². The lowest BCUT2D eigenvalue weighted by Crippen LogP contribution is -2.31. The standard InChI is InChI=1S/C12H13NOS2/c1-12(2)11(14)10(15-16-12)8-4-6-9(13-3)7-5-8/h4-7,10-11,14H,1-2H3/t10-,11+/m0/s1. The van der Waals surface area contributed by atoms with Crippen LogP contribution >= 0.6 is 21.6 Å². The molecule has 0 spiro atoms. The Morgan fingerprint density at radius 2 is 1.94 bits per heavy atom. The Hall–Kier alpha value is -0.630. The summed E-state index contributed by atoms with van der Waals surface area (Å²) < 4.78 is -0.103. The van der Waals surface area contributed by atoms with Crippen molar-refractivity contribution in [3.8, 4) is 0 Å². The highest BCUT2D eigenvalue weighted by Gasteiger charge is 2.43. The summed E-state index contributed by atoms with van der Waals surface area (Å²) in [6, 6.07) is 7.50. The highest BCUT2D eigenvalue weighted by molar-refractivity contribution is 8.77. The van der Waals surface area contributed by atoms with Crippen molar-refractivity contribution in [2.24, 2.45) is 0 Å². The fraction of sp³-hybridized carbons (Fsp3) is 0.417. The first-order chi connectivity index (χ1) is 7.54. The smallest absolute Gasteiger partial charge is 0.187 e. The Balaban J connectivity index is 2.23. The van der Waals surface area contributed by atoms with E-state index in [1.165, 1.54) is 0 Å². The zero-order chi connectivity index (χ0) is 11.8. The van der Waals surface area contributed by atoms with E-state index in [0.717, 1.165) is 5.56 Å². The van der Waals surface area contributed by atoms with Crippen LogP contribution < -0.4 is 0 Å². The van der Waals surface area contributed by atoms with E-state index >= 15 is 0 Å². The molecule has 2 rings (SSSR count). The minimum absolute atomic E-state index is 0.103. The highest BCUT2D eigenvalue weighted by atomic mass is 33.1. The first-order valence-corrected chi connectivity index (χ1v) is 7.26. The minimum Gasteiger partial charge on any atom is -0.390 e. The van der Waals surface area contributed by atoms with Crippen LogP contribution in [0.4, 0.5) is 5.69 Å². The first-order valence-electron chi connectivity index (χ1n) is 5.04. The molecule has 1 aliphatic rings. The van der Waals surface area contributed by atoms with Crippen LogP contribution in [-0.2, 0) is 0 Å². The van der Waals surface area contributed by atoms with Gasteiger partial charge in [-0.05, 0) is 19.4 Å². The van der Waals surface area contributed by atoms with Gasteiger partial charge >= 0.3 is 0 Å². The van der Waals surface area contributed by atoms with E-state index < -0.39 is 0 Å². The van der Waals surface area contributed by atoms with Gasteiger partial charge in [-0.15, -0.1) is 0 Å². The molecule has 2 nitrogen and oxygen atoms in total. The number of nitrogens with zero attached hydrogens (tertiary/aromatic N) is 1. The fourth-order valence-electron chi connectivity index (χ4n) is 1.62. The second kappa shape index (κ2) is 4.33. The largest absolute Gasteiger partial charge is 0.390 e. The molecule has 0 saturated carbocycles. The summed E-state index contributed by atoms with van der Waals surface area (Å²) in [6.45, 7) is 11.0. The van der Waals surface area contributed by atoms with Crippen LogP contribution in [0.3, 0.4) is 0 Å². The summed E-state index contributed by atoms with van der Waals surface area (Å²) in [5, 5.41) is 10.3. The Morgan fingerprint density at radius 1 is 1.31 bits per heavy atom. The Morgan fingerprint density at radius 3 is 2.38 bits per heavy atom. The van der Waals surface area contributed by atoms with E-state index in [1.807, 2.05) is 24.3 Å². The van der Waals surface area contributed by atoms with Crippen molar-refractivity contribution < 1.29 is 5.11 Å². The molecule has 84 valence electrons. The number of hydrogen-bond acceptors (Lipinski definition) is 3. The molecule has 0 aromatic heterocycles. The van der Waals surface area contributed by atoms with E-state index in [0.29, 0.717) is 5.69 Å². The number of aliphatic hydroxyl groups excluding tert-OH is 1. The van der Waals surface area contributed by atoms with Crippen LogP contribution in [0.2, 0.25) is 0 Å². The second-order valence-electron chi connectivity index (χ2n) is 4.35. The topological polar surface area (TPSA) is 24.6 Å². The normalized spacial score (nSPS) is 27.6.